The molecule has 38 heavy (non-hydrogen) atoms. The number of amides is 2. The van der Waals surface area contributed by atoms with E-state index in [1.807, 2.05) is 23.1 Å². The number of hydrogen-bond donors (Lipinski definition) is 1. The van der Waals surface area contributed by atoms with Gasteiger partial charge in [0.25, 0.3) is 5.91 Å². The number of methoxy groups -OCH3 is 1. The smallest absolute Gasteiger partial charge is 0.409 e. The Bertz CT molecular complexity index is 889. The highest BCUT2D eigenvalue weighted by Crippen LogP contribution is 2.26. The van der Waals surface area contributed by atoms with Gasteiger partial charge in [-0.3, -0.25) is 4.79 Å². The van der Waals surface area contributed by atoms with E-state index in [4.69, 9.17) is 18.9 Å². The molecule has 1 N–H and O–H groups in total. The highest BCUT2D eigenvalue weighted by molar-refractivity contribution is 5.95. The van der Waals surface area contributed by atoms with Crippen molar-refractivity contribution in [2.45, 2.75) is 58.6 Å². The predicted octanol–water partition coefficient (Wildman–Crippen LogP) is 3.60. The van der Waals surface area contributed by atoms with Crippen LogP contribution in [0.5, 0.6) is 5.75 Å². The van der Waals surface area contributed by atoms with Crippen molar-refractivity contribution in [2.24, 2.45) is 11.8 Å². The van der Waals surface area contributed by atoms with Gasteiger partial charge >= 0.3 is 6.09 Å². The summed E-state index contributed by atoms with van der Waals surface area (Å²) in [5.41, 5.74) is 1.73. The molecule has 2 amide bonds. The highest BCUT2D eigenvalue weighted by atomic mass is 16.6. The van der Waals surface area contributed by atoms with E-state index >= 15 is 0 Å². The van der Waals surface area contributed by atoms with E-state index in [1.54, 1.807) is 19.1 Å². The molecule has 0 saturated carbocycles. The van der Waals surface area contributed by atoms with Crippen LogP contribution in [0.25, 0.3) is 0 Å². The summed E-state index contributed by atoms with van der Waals surface area (Å²) in [7, 11) is 3.48. The van der Waals surface area contributed by atoms with Crippen LogP contribution in [0.3, 0.4) is 0 Å². The Kier molecular flexibility index (Phi) is 12.1. The minimum absolute atomic E-state index is 0.00215. The quantitative estimate of drug-likeness (QED) is 0.388. The summed E-state index contributed by atoms with van der Waals surface area (Å²) in [5.74, 6) is 1.24. The summed E-state index contributed by atoms with van der Waals surface area (Å²) in [6, 6.07) is 5.82. The number of carbonyl (C=O) groups excluding carboxylic acids is 2. The first-order valence-corrected chi connectivity index (χ1v) is 14.1. The number of benzene rings is 1. The first-order valence-electron chi connectivity index (χ1n) is 14.1. The Labute approximate surface area is 228 Å². The van der Waals surface area contributed by atoms with Gasteiger partial charge in [-0.25, -0.2) is 4.79 Å². The topological polar surface area (TPSA) is 89.6 Å². The second kappa shape index (κ2) is 15.3. The van der Waals surface area contributed by atoms with Crippen LogP contribution in [-0.4, -0.2) is 101 Å². The minimum atomic E-state index is -0.284. The van der Waals surface area contributed by atoms with Crippen LogP contribution >= 0.6 is 0 Å². The van der Waals surface area contributed by atoms with Gasteiger partial charge in [-0.15, -0.1) is 0 Å². The monoisotopic (exact) mass is 533 g/mol. The summed E-state index contributed by atoms with van der Waals surface area (Å²) in [6.07, 6.45) is 2.77. The molecule has 0 aliphatic carbocycles. The van der Waals surface area contributed by atoms with Crippen molar-refractivity contribution < 1.29 is 28.5 Å². The third kappa shape index (κ3) is 8.58. The van der Waals surface area contributed by atoms with Crippen molar-refractivity contribution >= 4 is 12.0 Å². The normalized spacial score (nSPS) is 19.9. The molecule has 1 aromatic rings. The van der Waals surface area contributed by atoms with E-state index in [-0.39, 0.29) is 36.0 Å². The van der Waals surface area contributed by atoms with Crippen molar-refractivity contribution in [1.29, 1.82) is 0 Å². The molecule has 0 radical (unpaired) electrons. The Balaban J connectivity index is 1.63. The zero-order valence-corrected chi connectivity index (χ0v) is 23.9. The molecule has 9 nitrogen and oxygen atoms in total. The fourth-order valence-corrected chi connectivity index (χ4v) is 5.11. The molecule has 0 spiro atoms. The Morgan fingerprint density at radius 2 is 1.82 bits per heavy atom. The van der Waals surface area contributed by atoms with Crippen LogP contribution in [0.1, 0.15) is 56.0 Å². The van der Waals surface area contributed by atoms with Crippen LogP contribution < -0.4 is 10.1 Å². The molecule has 2 fully saturated rings. The SMILES string of the molecule is CCc1ccc(C(=O)N(C[C@@H]2CNC[C@H]2CN(C)C(=O)OC2CCOCC2)C(C)C)cc1OCCCOC. The van der Waals surface area contributed by atoms with Crippen molar-refractivity contribution in [2.75, 3.05) is 66.8 Å². The maximum Gasteiger partial charge on any atom is 0.409 e. The Morgan fingerprint density at radius 1 is 1.11 bits per heavy atom. The maximum absolute atomic E-state index is 13.7. The summed E-state index contributed by atoms with van der Waals surface area (Å²) < 4.78 is 22.2. The number of aryl methyl sites for hydroxylation is 1. The third-order valence-electron chi connectivity index (χ3n) is 7.50. The average molecular weight is 534 g/mol. The van der Waals surface area contributed by atoms with Crippen molar-refractivity contribution in [3.05, 3.63) is 29.3 Å². The minimum Gasteiger partial charge on any atom is -0.493 e. The molecule has 2 aliphatic rings. The van der Waals surface area contributed by atoms with Crippen molar-refractivity contribution in [1.82, 2.24) is 15.1 Å². The summed E-state index contributed by atoms with van der Waals surface area (Å²) in [4.78, 5) is 30.0. The van der Waals surface area contributed by atoms with Crippen LogP contribution in [0, 0.1) is 11.8 Å². The molecule has 2 saturated heterocycles. The second-order valence-corrected chi connectivity index (χ2v) is 10.7. The lowest BCUT2D eigenvalue weighted by molar-refractivity contribution is -0.00953. The molecule has 3 rings (SSSR count). The number of ether oxygens (including phenoxy) is 4. The van der Waals surface area contributed by atoms with Gasteiger partial charge in [-0.2, -0.15) is 0 Å². The molecule has 2 atom stereocenters. The van der Waals surface area contributed by atoms with Gasteiger partial charge in [-0.1, -0.05) is 13.0 Å². The second-order valence-electron chi connectivity index (χ2n) is 10.7. The van der Waals surface area contributed by atoms with Gasteiger partial charge in [0.1, 0.15) is 11.9 Å². The van der Waals surface area contributed by atoms with Crippen LogP contribution in [-0.2, 0) is 20.6 Å². The first kappa shape index (κ1) is 30.2. The largest absolute Gasteiger partial charge is 0.493 e. The average Bonchev–Trinajstić information content (AvgIpc) is 3.36. The number of carbonyl (C=O) groups is 2. The zero-order valence-electron chi connectivity index (χ0n) is 23.9. The van der Waals surface area contributed by atoms with Gasteiger partial charge in [0.15, 0.2) is 0 Å². The van der Waals surface area contributed by atoms with Gasteiger partial charge in [0.05, 0.1) is 19.8 Å². The van der Waals surface area contributed by atoms with Crippen LogP contribution in [0.15, 0.2) is 18.2 Å². The number of nitrogens with one attached hydrogen (secondary N) is 1. The molecular weight excluding hydrogens is 486 g/mol. The summed E-state index contributed by atoms with van der Waals surface area (Å²) in [5, 5.41) is 3.47. The highest BCUT2D eigenvalue weighted by Gasteiger charge is 2.33. The standard InChI is InChI=1S/C29H47N3O6/c1-6-22-8-9-23(16-27(22)37-13-7-12-35-5)28(33)32(21(2)3)20-25-18-30-17-24(25)19-31(4)29(34)38-26-10-14-36-15-11-26/h8-9,16,21,24-26,30H,6-7,10-15,17-20H2,1-5H3/t24-,25-/m0/s1. The fourth-order valence-electron chi connectivity index (χ4n) is 5.11. The lowest BCUT2D eigenvalue weighted by Gasteiger charge is -2.33. The number of hydrogen-bond acceptors (Lipinski definition) is 7. The molecule has 2 heterocycles. The molecular formula is C29H47N3O6. The lowest BCUT2D eigenvalue weighted by Crippen LogP contribution is -2.44. The summed E-state index contributed by atoms with van der Waals surface area (Å²) >= 11 is 0. The van der Waals surface area contributed by atoms with Crippen LogP contribution in [0.2, 0.25) is 0 Å². The molecule has 2 aliphatic heterocycles. The molecule has 0 aromatic heterocycles. The Hall–Kier alpha value is -2.36. The van der Waals surface area contributed by atoms with E-state index in [0.29, 0.717) is 45.1 Å². The first-order chi connectivity index (χ1) is 18.3. The summed E-state index contributed by atoms with van der Waals surface area (Å²) in [6.45, 7) is 11.5. The van der Waals surface area contributed by atoms with Gasteiger partial charge in [0, 0.05) is 77.8 Å². The maximum atomic E-state index is 13.7. The molecule has 9 heteroatoms. The number of rotatable bonds is 13. The van der Waals surface area contributed by atoms with E-state index in [2.05, 4.69) is 26.1 Å². The van der Waals surface area contributed by atoms with E-state index < -0.39 is 0 Å². The molecule has 214 valence electrons. The molecule has 1 aromatic carbocycles. The Morgan fingerprint density at radius 3 is 2.47 bits per heavy atom. The van der Waals surface area contributed by atoms with Gasteiger partial charge in [0.2, 0.25) is 0 Å². The van der Waals surface area contributed by atoms with Crippen LogP contribution in [0.4, 0.5) is 4.79 Å². The molecule has 0 bridgehead atoms. The predicted molar refractivity (Wildman–Crippen MR) is 147 cm³/mol. The third-order valence-corrected chi connectivity index (χ3v) is 7.50. The van der Waals surface area contributed by atoms with E-state index in [1.165, 1.54) is 0 Å². The van der Waals surface area contributed by atoms with E-state index in [9.17, 15) is 9.59 Å². The van der Waals surface area contributed by atoms with Crippen molar-refractivity contribution in [3.63, 3.8) is 0 Å². The fraction of sp³-hybridized carbons (Fsp3) is 0.724. The molecule has 0 unspecified atom stereocenters. The van der Waals surface area contributed by atoms with Crippen molar-refractivity contribution in [3.8, 4) is 5.75 Å². The zero-order chi connectivity index (χ0) is 27.5. The number of nitrogens with zero attached hydrogens (tertiary/aromatic N) is 2. The van der Waals surface area contributed by atoms with Gasteiger partial charge in [-0.05, 0) is 49.8 Å². The van der Waals surface area contributed by atoms with E-state index in [0.717, 1.165) is 50.1 Å². The lowest BCUT2D eigenvalue weighted by atomic mass is 9.94. The van der Waals surface area contributed by atoms with Gasteiger partial charge < -0.3 is 34.1 Å².